The topological polar surface area (TPSA) is 56.5 Å². The zero-order valence-electron chi connectivity index (χ0n) is 10.7. The monoisotopic (exact) mass is 236 g/mol. The molecule has 0 spiro atoms. The van der Waals surface area contributed by atoms with Crippen molar-refractivity contribution in [3.63, 3.8) is 0 Å². The quantitative estimate of drug-likeness (QED) is 0.833. The molecule has 0 amide bonds. The van der Waals surface area contributed by atoms with E-state index < -0.39 is 0 Å². The number of hydrogen-bond donors (Lipinski definition) is 2. The second kappa shape index (κ2) is 4.55. The van der Waals surface area contributed by atoms with Crippen LogP contribution in [0.2, 0.25) is 0 Å². The maximum Gasteiger partial charge on any atom is 0.231 e. The number of fused-ring (bicyclic) bond motifs is 1. The highest BCUT2D eigenvalue weighted by Crippen LogP contribution is 2.34. The summed E-state index contributed by atoms with van der Waals surface area (Å²) in [5, 5.41) is 3.35. The second-order valence-corrected chi connectivity index (χ2v) is 5.22. The minimum absolute atomic E-state index is 0.190. The van der Waals surface area contributed by atoms with Gasteiger partial charge in [0, 0.05) is 18.6 Å². The Morgan fingerprint density at radius 1 is 1.29 bits per heavy atom. The second-order valence-electron chi connectivity index (χ2n) is 5.22. The first-order valence-electron chi connectivity index (χ1n) is 5.84. The Labute approximate surface area is 102 Å². The lowest BCUT2D eigenvalue weighted by Gasteiger charge is -2.19. The van der Waals surface area contributed by atoms with E-state index in [1.807, 2.05) is 26.0 Å². The number of hydrogen-bond acceptors (Lipinski definition) is 4. The number of aryl methyl sites for hydroxylation is 1. The van der Waals surface area contributed by atoms with E-state index in [1.165, 1.54) is 11.1 Å². The van der Waals surface area contributed by atoms with Gasteiger partial charge in [0.05, 0.1) is 0 Å². The van der Waals surface area contributed by atoms with Crippen LogP contribution >= 0.6 is 0 Å². The van der Waals surface area contributed by atoms with Gasteiger partial charge < -0.3 is 20.5 Å². The summed E-state index contributed by atoms with van der Waals surface area (Å²) < 4.78 is 10.7. The summed E-state index contributed by atoms with van der Waals surface area (Å²) in [6, 6.07) is 4.06. The van der Waals surface area contributed by atoms with Crippen molar-refractivity contribution in [3.8, 4) is 11.5 Å². The largest absolute Gasteiger partial charge is 0.454 e. The summed E-state index contributed by atoms with van der Waals surface area (Å²) in [6.45, 7) is 7.98. The van der Waals surface area contributed by atoms with Crippen molar-refractivity contribution in [1.29, 1.82) is 0 Å². The molecule has 4 nitrogen and oxygen atoms in total. The highest BCUT2D eigenvalue weighted by Gasteiger charge is 2.16. The molecule has 0 bridgehead atoms. The summed E-state index contributed by atoms with van der Waals surface area (Å²) >= 11 is 0. The third-order valence-electron chi connectivity index (χ3n) is 2.73. The number of ether oxygens (including phenoxy) is 2. The fraction of sp³-hybridized carbons (Fsp3) is 0.538. The van der Waals surface area contributed by atoms with E-state index in [0.29, 0.717) is 6.79 Å². The highest BCUT2D eigenvalue weighted by molar-refractivity contribution is 5.48. The standard InChI is InChI=1S/C13H20N2O2/c1-9-4-11-12(17-8-16-11)5-10(9)6-15-7-13(2,3)14/h4-5,15H,6-8,14H2,1-3H3. The highest BCUT2D eigenvalue weighted by atomic mass is 16.7. The van der Waals surface area contributed by atoms with Crippen molar-refractivity contribution in [2.24, 2.45) is 5.73 Å². The van der Waals surface area contributed by atoms with Crippen LogP contribution in [0.15, 0.2) is 12.1 Å². The minimum atomic E-state index is -0.190. The van der Waals surface area contributed by atoms with E-state index in [4.69, 9.17) is 15.2 Å². The van der Waals surface area contributed by atoms with Crippen LogP contribution in [0.3, 0.4) is 0 Å². The first-order valence-corrected chi connectivity index (χ1v) is 5.84. The Morgan fingerprint density at radius 2 is 1.94 bits per heavy atom. The molecule has 2 rings (SSSR count). The molecule has 1 aliphatic rings. The van der Waals surface area contributed by atoms with Gasteiger partial charge >= 0.3 is 0 Å². The molecule has 0 fully saturated rings. The Hall–Kier alpha value is -1.26. The first kappa shape index (κ1) is 12.2. The van der Waals surface area contributed by atoms with E-state index in [2.05, 4.69) is 12.2 Å². The van der Waals surface area contributed by atoms with E-state index in [1.54, 1.807) is 0 Å². The Morgan fingerprint density at radius 3 is 2.59 bits per heavy atom. The lowest BCUT2D eigenvalue weighted by molar-refractivity contribution is 0.174. The molecule has 0 saturated carbocycles. The zero-order valence-corrected chi connectivity index (χ0v) is 10.7. The van der Waals surface area contributed by atoms with Gasteiger partial charge in [-0.15, -0.1) is 0 Å². The fourth-order valence-electron chi connectivity index (χ4n) is 1.80. The molecule has 1 aromatic rings. The molecular weight excluding hydrogens is 216 g/mol. The van der Waals surface area contributed by atoms with Gasteiger partial charge in [0.25, 0.3) is 0 Å². The molecule has 0 aromatic heterocycles. The number of nitrogens with two attached hydrogens (primary N) is 1. The van der Waals surface area contributed by atoms with E-state index in [0.717, 1.165) is 24.6 Å². The molecule has 0 atom stereocenters. The van der Waals surface area contributed by atoms with Crippen molar-refractivity contribution < 1.29 is 9.47 Å². The van der Waals surface area contributed by atoms with Gasteiger partial charge in [-0.3, -0.25) is 0 Å². The van der Waals surface area contributed by atoms with Crippen molar-refractivity contribution in [2.45, 2.75) is 32.9 Å². The zero-order chi connectivity index (χ0) is 12.5. The Kier molecular flexibility index (Phi) is 3.26. The predicted octanol–water partition coefficient (Wildman–Crippen LogP) is 1.55. The summed E-state index contributed by atoms with van der Waals surface area (Å²) in [7, 11) is 0. The number of benzene rings is 1. The van der Waals surface area contributed by atoms with Crippen LogP contribution in [0.25, 0.3) is 0 Å². The van der Waals surface area contributed by atoms with Crippen molar-refractivity contribution in [3.05, 3.63) is 23.3 Å². The van der Waals surface area contributed by atoms with Crippen LogP contribution in [0.5, 0.6) is 11.5 Å². The predicted molar refractivity (Wildman–Crippen MR) is 67.3 cm³/mol. The number of rotatable bonds is 4. The molecule has 0 unspecified atom stereocenters. The Bertz CT molecular complexity index is 411. The molecule has 0 aliphatic carbocycles. The van der Waals surface area contributed by atoms with Gasteiger partial charge in [0.2, 0.25) is 6.79 Å². The molecule has 0 saturated heterocycles. The lowest BCUT2D eigenvalue weighted by Crippen LogP contribution is -2.42. The van der Waals surface area contributed by atoms with Crippen LogP contribution in [-0.2, 0) is 6.54 Å². The third-order valence-corrected chi connectivity index (χ3v) is 2.73. The normalized spacial score (nSPS) is 14.1. The smallest absolute Gasteiger partial charge is 0.231 e. The molecule has 1 aliphatic heterocycles. The van der Waals surface area contributed by atoms with Crippen molar-refractivity contribution >= 4 is 0 Å². The molecule has 4 heteroatoms. The molecule has 94 valence electrons. The minimum Gasteiger partial charge on any atom is -0.454 e. The van der Waals surface area contributed by atoms with Crippen LogP contribution in [0, 0.1) is 6.92 Å². The van der Waals surface area contributed by atoms with Crippen molar-refractivity contribution in [1.82, 2.24) is 5.32 Å². The van der Waals surface area contributed by atoms with Gasteiger partial charge in [0.15, 0.2) is 11.5 Å². The maximum atomic E-state index is 5.92. The van der Waals surface area contributed by atoms with Gasteiger partial charge in [-0.2, -0.15) is 0 Å². The van der Waals surface area contributed by atoms with E-state index in [9.17, 15) is 0 Å². The fourth-order valence-corrected chi connectivity index (χ4v) is 1.80. The first-order chi connectivity index (χ1) is 7.96. The van der Waals surface area contributed by atoms with Gasteiger partial charge in [0.1, 0.15) is 0 Å². The molecular formula is C13H20N2O2. The number of nitrogens with one attached hydrogen (secondary N) is 1. The average Bonchev–Trinajstić information content (AvgIpc) is 2.63. The van der Waals surface area contributed by atoms with Crippen LogP contribution in [0.4, 0.5) is 0 Å². The van der Waals surface area contributed by atoms with Crippen LogP contribution in [0.1, 0.15) is 25.0 Å². The molecule has 1 heterocycles. The molecule has 3 N–H and O–H groups in total. The third kappa shape index (κ3) is 3.11. The van der Waals surface area contributed by atoms with Crippen LogP contribution < -0.4 is 20.5 Å². The summed E-state index contributed by atoms with van der Waals surface area (Å²) in [4.78, 5) is 0. The maximum absolute atomic E-state index is 5.92. The van der Waals surface area contributed by atoms with E-state index in [-0.39, 0.29) is 5.54 Å². The van der Waals surface area contributed by atoms with E-state index >= 15 is 0 Å². The molecule has 0 radical (unpaired) electrons. The van der Waals surface area contributed by atoms with Gasteiger partial charge in [-0.25, -0.2) is 0 Å². The molecule has 17 heavy (non-hydrogen) atoms. The lowest BCUT2D eigenvalue weighted by atomic mass is 10.1. The summed E-state index contributed by atoms with van der Waals surface area (Å²) in [5.41, 5.74) is 8.16. The molecule has 1 aromatic carbocycles. The van der Waals surface area contributed by atoms with Crippen molar-refractivity contribution in [2.75, 3.05) is 13.3 Å². The summed E-state index contributed by atoms with van der Waals surface area (Å²) in [5.74, 6) is 1.67. The Balaban J connectivity index is 2.02. The average molecular weight is 236 g/mol. The summed E-state index contributed by atoms with van der Waals surface area (Å²) in [6.07, 6.45) is 0. The van der Waals surface area contributed by atoms with Gasteiger partial charge in [-0.05, 0) is 44.0 Å². The SMILES string of the molecule is Cc1cc2c(cc1CNCC(C)(C)N)OCO2. The van der Waals surface area contributed by atoms with Crippen LogP contribution in [-0.4, -0.2) is 18.9 Å². The van der Waals surface area contributed by atoms with Gasteiger partial charge in [-0.1, -0.05) is 0 Å².